The molecule has 306 valence electrons. The molecule has 0 aromatic carbocycles. The van der Waals surface area contributed by atoms with Gasteiger partial charge in [0.2, 0.25) is 11.8 Å². The minimum Gasteiger partial charge on any atom is -0.461 e. The summed E-state index contributed by atoms with van der Waals surface area (Å²) in [5, 5.41) is 5.09. The van der Waals surface area contributed by atoms with Gasteiger partial charge < -0.3 is 34.6 Å². The third-order valence-corrected chi connectivity index (χ3v) is 8.12. The fraction of sp³-hybridized carbons (Fsp3) is 0.757. The van der Waals surface area contributed by atoms with Crippen LogP contribution in [0.4, 0.5) is 4.79 Å². The topological polar surface area (TPSA) is 196 Å². The van der Waals surface area contributed by atoms with Crippen molar-refractivity contribution in [3.63, 3.8) is 0 Å². The van der Waals surface area contributed by atoms with Gasteiger partial charge in [-0.05, 0) is 46.5 Å². The third kappa shape index (κ3) is 30.9. The summed E-state index contributed by atoms with van der Waals surface area (Å²) < 4.78 is 38.2. The number of allylic oxidation sites excluding steroid dienone is 2. The summed E-state index contributed by atoms with van der Waals surface area (Å²) in [6.45, 7) is 11.0. The van der Waals surface area contributed by atoms with Gasteiger partial charge in [0.1, 0.15) is 18.6 Å². The fourth-order valence-corrected chi connectivity index (χ4v) is 5.25. The Morgan fingerprint density at radius 2 is 1.30 bits per heavy atom. The molecule has 0 aliphatic heterocycles. The van der Waals surface area contributed by atoms with Gasteiger partial charge in [0.25, 0.3) is 0 Å². The van der Waals surface area contributed by atoms with E-state index in [1.54, 1.807) is 29.2 Å². The lowest BCUT2D eigenvalue weighted by Gasteiger charge is -2.27. The van der Waals surface area contributed by atoms with Crippen LogP contribution in [0.1, 0.15) is 125 Å². The number of unbranched alkanes of at least 4 members (excludes halogenated alkanes) is 6. The molecular weight excluding hydrogens is 709 g/mol. The summed E-state index contributed by atoms with van der Waals surface area (Å²) in [5.74, 6) is -2.38. The number of nitrogens with zero attached hydrogens (tertiary/aromatic N) is 1. The maximum atomic E-state index is 12.7. The van der Waals surface area contributed by atoms with Gasteiger partial charge in [0.05, 0.1) is 26.1 Å². The Balaban J connectivity index is 4.64. The van der Waals surface area contributed by atoms with E-state index < -0.39 is 75.6 Å². The third-order valence-electron chi connectivity index (χ3n) is 7.14. The molecule has 53 heavy (non-hydrogen) atoms. The summed E-state index contributed by atoms with van der Waals surface area (Å²) in [4.78, 5) is 73.1. The predicted molar refractivity (Wildman–Crippen MR) is 202 cm³/mol. The van der Waals surface area contributed by atoms with Gasteiger partial charge in [-0.2, -0.15) is 0 Å². The second-order valence-electron chi connectivity index (χ2n) is 13.4. The van der Waals surface area contributed by atoms with E-state index in [9.17, 15) is 33.4 Å². The Labute approximate surface area is 316 Å². The van der Waals surface area contributed by atoms with Crippen LogP contribution in [0.25, 0.3) is 0 Å². The lowest BCUT2D eigenvalue weighted by Crippen LogP contribution is -2.39. The number of phosphoric acid groups is 1. The van der Waals surface area contributed by atoms with Crippen molar-refractivity contribution in [1.82, 2.24) is 15.5 Å². The lowest BCUT2D eigenvalue weighted by molar-refractivity contribution is -0.160. The van der Waals surface area contributed by atoms with Crippen molar-refractivity contribution >= 4 is 37.7 Å². The summed E-state index contributed by atoms with van der Waals surface area (Å²) in [7, 11) is -4.66. The first-order valence-corrected chi connectivity index (χ1v) is 20.4. The van der Waals surface area contributed by atoms with Crippen molar-refractivity contribution < 1.29 is 56.7 Å². The van der Waals surface area contributed by atoms with Crippen molar-refractivity contribution in [1.29, 1.82) is 0 Å². The van der Waals surface area contributed by atoms with Crippen LogP contribution in [0.15, 0.2) is 24.3 Å². The normalized spacial score (nSPS) is 13.3. The van der Waals surface area contributed by atoms with Crippen molar-refractivity contribution in [2.24, 2.45) is 0 Å². The number of carbonyl (C=O) groups excluding carboxylic acids is 5. The number of carbonyl (C=O) groups is 5. The van der Waals surface area contributed by atoms with Gasteiger partial charge in [-0.1, -0.05) is 83.6 Å². The molecule has 0 fully saturated rings. The molecule has 0 saturated carbocycles. The number of hydrogen-bond acceptors (Lipinski definition) is 11. The molecule has 3 amide bonds. The SMILES string of the molecule is CC/C=C\CC(=O)OCC(COP(=O)(O)OCCNC(=O)CC(=O)NCCCN(CCCCCCCCC)C(=O)OC(C)(C)C)OC(=O)C/C=C\CC. The predicted octanol–water partition coefficient (Wildman–Crippen LogP) is 6.29. The highest BCUT2D eigenvalue weighted by Crippen LogP contribution is 2.43. The van der Waals surface area contributed by atoms with Gasteiger partial charge in [-0.25, -0.2) is 9.36 Å². The van der Waals surface area contributed by atoms with Crippen molar-refractivity contribution in [3.05, 3.63) is 24.3 Å². The van der Waals surface area contributed by atoms with Gasteiger partial charge in [-0.3, -0.25) is 28.2 Å². The van der Waals surface area contributed by atoms with Crippen molar-refractivity contribution in [3.8, 4) is 0 Å². The lowest BCUT2D eigenvalue weighted by atomic mass is 10.1. The highest BCUT2D eigenvalue weighted by molar-refractivity contribution is 7.47. The molecular formula is C37H66N3O12P. The molecule has 0 aromatic heterocycles. The van der Waals surface area contributed by atoms with E-state index in [2.05, 4.69) is 17.6 Å². The van der Waals surface area contributed by atoms with Gasteiger partial charge in [0.15, 0.2) is 6.10 Å². The highest BCUT2D eigenvalue weighted by Gasteiger charge is 2.26. The zero-order valence-corrected chi connectivity index (χ0v) is 33.8. The molecule has 0 saturated heterocycles. The number of esters is 2. The van der Waals surface area contributed by atoms with Gasteiger partial charge in [-0.15, -0.1) is 0 Å². The van der Waals surface area contributed by atoms with Gasteiger partial charge in [0, 0.05) is 26.2 Å². The highest BCUT2D eigenvalue weighted by atomic mass is 31.2. The fourth-order valence-electron chi connectivity index (χ4n) is 4.50. The Morgan fingerprint density at radius 1 is 0.736 bits per heavy atom. The van der Waals surface area contributed by atoms with Crippen molar-refractivity contribution in [2.45, 2.75) is 137 Å². The molecule has 15 nitrogen and oxygen atoms in total. The average molecular weight is 776 g/mol. The van der Waals surface area contributed by atoms with Crippen LogP contribution in [0.3, 0.4) is 0 Å². The Hall–Kier alpha value is -3.26. The Morgan fingerprint density at radius 3 is 1.91 bits per heavy atom. The monoisotopic (exact) mass is 775 g/mol. The molecule has 0 radical (unpaired) electrons. The molecule has 2 unspecified atom stereocenters. The summed E-state index contributed by atoms with van der Waals surface area (Å²) in [6, 6.07) is 0. The number of nitrogens with one attached hydrogen (secondary N) is 2. The molecule has 0 bridgehead atoms. The van der Waals surface area contributed by atoms with E-state index in [-0.39, 0.29) is 25.9 Å². The van der Waals surface area contributed by atoms with Crippen LogP contribution in [0, 0.1) is 0 Å². The largest absolute Gasteiger partial charge is 0.472 e. The van der Waals surface area contributed by atoms with Crippen LogP contribution in [0.5, 0.6) is 0 Å². The van der Waals surface area contributed by atoms with E-state index in [4.69, 9.17) is 23.3 Å². The van der Waals surface area contributed by atoms with E-state index in [1.807, 2.05) is 34.6 Å². The zero-order valence-electron chi connectivity index (χ0n) is 32.9. The second-order valence-corrected chi connectivity index (χ2v) is 14.8. The smallest absolute Gasteiger partial charge is 0.461 e. The van der Waals surface area contributed by atoms with E-state index >= 15 is 0 Å². The second kappa shape index (κ2) is 30.1. The molecule has 0 spiro atoms. The molecule has 0 aliphatic rings. The van der Waals surface area contributed by atoms with E-state index in [0.29, 0.717) is 19.5 Å². The molecule has 0 aliphatic carbocycles. The maximum Gasteiger partial charge on any atom is 0.472 e. The molecule has 0 rings (SSSR count). The van der Waals surface area contributed by atoms with Crippen LogP contribution in [-0.4, -0.2) is 97.3 Å². The number of amides is 3. The zero-order chi connectivity index (χ0) is 40.0. The van der Waals surface area contributed by atoms with Crippen LogP contribution < -0.4 is 10.6 Å². The van der Waals surface area contributed by atoms with E-state index in [1.165, 1.54) is 25.7 Å². The van der Waals surface area contributed by atoms with Crippen LogP contribution >= 0.6 is 7.82 Å². The van der Waals surface area contributed by atoms with E-state index in [0.717, 1.165) is 32.1 Å². The number of ether oxygens (including phenoxy) is 3. The quantitative estimate of drug-likeness (QED) is 0.0185. The Bertz CT molecular complexity index is 1170. The van der Waals surface area contributed by atoms with Crippen LogP contribution in [0.2, 0.25) is 0 Å². The summed E-state index contributed by atoms with van der Waals surface area (Å²) in [6.07, 6.45) is 14.5. The van der Waals surface area contributed by atoms with Gasteiger partial charge >= 0.3 is 25.9 Å². The van der Waals surface area contributed by atoms with Crippen molar-refractivity contribution in [2.75, 3.05) is 46.0 Å². The Kier molecular flexibility index (Phi) is 28.3. The number of rotatable bonds is 30. The summed E-state index contributed by atoms with van der Waals surface area (Å²) >= 11 is 0. The molecule has 0 aromatic rings. The number of hydrogen-bond donors (Lipinski definition) is 3. The first-order chi connectivity index (χ1) is 25.1. The first-order valence-electron chi connectivity index (χ1n) is 18.9. The molecule has 2 atom stereocenters. The average Bonchev–Trinajstić information content (AvgIpc) is 3.07. The molecule has 3 N–H and O–H groups in total. The first kappa shape index (κ1) is 49.7. The molecule has 16 heteroatoms. The minimum atomic E-state index is -4.66. The number of phosphoric ester groups is 1. The minimum absolute atomic E-state index is 0.0115. The summed E-state index contributed by atoms with van der Waals surface area (Å²) in [5.41, 5.74) is -0.627. The maximum absolute atomic E-state index is 12.7. The molecule has 0 heterocycles. The van der Waals surface area contributed by atoms with Crippen LogP contribution in [-0.2, 0) is 47.0 Å². The standard InChI is InChI=1S/C37H66N3O12P/c1-7-10-13-14-15-16-19-25-40(36(45)52-37(4,5)6)26-20-23-38-32(41)28-33(42)39-24-27-49-53(46,47)50-30-31(51-35(44)22-18-12-9-3)29-48-34(43)21-17-11-8-2/h11-12,17-18,31H,7-10,13-16,19-30H2,1-6H3,(H,38,41)(H,39,42)(H,46,47)/b17-11-,18-12-.